The van der Waals surface area contributed by atoms with Gasteiger partial charge in [-0.3, -0.25) is 4.90 Å². The zero-order valence-electron chi connectivity index (χ0n) is 10.8. The lowest BCUT2D eigenvalue weighted by atomic mass is 10.2. The molecule has 2 heterocycles. The van der Waals surface area contributed by atoms with Crippen molar-refractivity contribution in [3.8, 4) is 0 Å². The molecule has 0 spiro atoms. The van der Waals surface area contributed by atoms with Crippen molar-refractivity contribution in [3.63, 3.8) is 0 Å². The van der Waals surface area contributed by atoms with Gasteiger partial charge in [-0.2, -0.15) is 0 Å². The molecule has 19 heavy (non-hydrogen) atoms. The first-order valence-electron chi connectivity index (χ1n) is 5.82. The van der Waals surface area contributed by atoms with E-state index in [2.05, 4.69) is 14.9 Å². The third kappa shape index (κ3) is 3.36. The van der Waals surface area contributed by atoms with E-state index in [9.17, 15) is 4.79 Å². The minimum absolute atomic E-state index is 0.121. The second-order valence-corrected chi connectivity index (χ2v) is 5.29. The van der Waals surface area contributed by atoms with Crippen molar-refractivity contribution in [2.24, 2.45) is 0 Å². The van der Waals surface area contributed by atoms with Gasteiger partial charge in [0.25, 0.3) is 0 Å². The summed E-state index contributed by atoms with van der Waals surface area (Å²) in [6.07, 6.45) is 1.50. The molecule has 0 aliphatic rings. The van der Waals surface area contributed by atoms with E-state index in [0.29, 0.717) is 6.54 Å². The summed E-state index contributed by atoms with van der Waals surface area (Å²) >= 11 is 1.61. The highest BCUT2D eigenvalue weighted by atomic mass is 32.1. The summed E-state index contributed by atoms with van der Waals surface area (Å²) in [5.74, 6) is -0.988. The normalized spacial score (nSPS) is 10.9. The highest BCUT2D eigenvalue weighted by molar-refractivity contribution is 7.09. The SMILES string of the molecule is Cc1ncsc1CN(C)Cc1cccnc1C(=O)O. The van der Waals surface area contributed by atoms with E-state index in [4.69, 9.17) is 5.11 Å². The minimum Gasteiger partial charge on any atom is -0.477 e. The number of aromatic nitrogens is 2. The Morgan fingerprint density at radius 3 is 2.84 bits per heavy atom. The first-order valence-corrected chi connectivity index (χ1v) is 6.70. The number of aromatic carboxylic acids is 1. The maximum absolute atomic E-state index is 11.1. The summed E-state index contributed by atoms with van der Waals surface area (Å²) in [5.41, 5.74) is 3.70. The number of hydrogen-bond acceptors (Lipinski definition) is 5. The Morgan fingerprint density at radius 1 is 1.42 bits per heavy atom. The van der Waals surface area contributed by atoms with Gasteiger partial charge in [0.1, 0.15) is 0 Å². The lowest BCUT2D eigenvalue weighted by molar-refractivity contribution is 0.0688. The molecule has 2 aromatic heterocycles. The van der Waals surface area contributed by atoms with Crippen molar-refractivity contribution in [1.82, 2.24) is 14.9 Å². The van der Waals surface area contributed by atoms with Gasteiger partial charge in [-0.15, -0.1) is 11.3 Å². The van der Waals surface area contributed by atoms with Crippen LogP contribution in [0.5, 0.6) is 0 Å². The maximum atomic E-state index is 11.1. The lowest BCUT2D eigenvalue weighted by Gasteiger charge is -2.16. The van der Waals surface area contributed by atoms with Crippen LogP contribution in [0.2, 0.25) is 0 Å². The summed E-state index contributed by atoms with van der Waals surface area (Å²) in [7, 11) is 1.96. The lowest BCUT2D eigenvalue weighted by Crippen LogP contribution is -2.19. The van der Waals surface area contributed by atoms with Crippen LogP contribution in [-0.2, 0) is 13.1 Å². The topological polar surface area (TPSA) is 66.3 Å². The van der Waals surface area contributed by atoms with Crippen molar-refractivity contribution >= 4 is 17.3 Å². The number of rotatable bonds is 5. The number of aryl methyl sites for hydroxylation is 1. The van der Waals surface area contributed by atoms with Crippen LogP contribution in [0.25, 0.3) is 0 Å². The quantitative estimate of drug-likeness (QED) is 0.907. The van der Waals surface area contributed by atoms with E-state index in [1.807, 2.05) is 19.5 Å². The standard InChI is InChI=1S/C13H15N3O2S/c1-9-11(19-8-15-9)7-16(2)6-10-4-3-5-14-12(10)13(17)18/h3-5,8H,6-7H2,1-2H3,(H,17,18). The van der Waals surface area contributed by atoms with Crippen LogP contribution in [0.4, 0.5) is 0 Å². The van der Waals surface area contributed by atoms with Crippen LogP contribution in [0.15, 0.2) is 23.8 Å². The molecule has 0 radical (unpaired) electrons. The van der Waals surface area contributed by atoms with E-state index >= 15 is 0 Å². The van der Waals surface area contributed by atoms with E-state index < -0.39 is 5.97 Å². The molecule has 0 saturated carbocycles. The molecule has 100 valence electrons. The average Bonchev–Trinajstić information content (AvgIpc) is 2.75. The minimum atomic E-state index is -0.988. The number of pyridine rings is 1. The van der Waals surface area contributed by atoms with E-state index in [1.165, 1.54) is 11.1 Å². The molecule has 0 atom stereocenters. The zero-order chi connectivity index (χ0) is 13.8. The second kappa shape index (κ2) is 5.90. The first-order chi connectivity index (χ1) is 9.08. The van der Waals surface area contributed by atoms with E-state index in [0.717, 1.165) is 17.8 Å². The molecule has 2 aromatic rings. The van der Waals surface area contributed by atoms with Gasteiger partial charge < -0.3 is 5.11 Å². The summed E-state index contributed by atoms with van der Waals surface area (Å²) in [6.45, 7) is 3.28. The summed E-state index contributed by atoms with van der Waals surface area (Å²) in [5, 5.41) is 9.09. The van der Waals surface area contributed by atoms with E-state index in [1.54, 1.807) is 23.5 Å². The Bertz CT molecular complexity index is 583. The molecule has 0 saturated heterocycles. The molecule has 0 unspecified atom stereocenters. The third-order valence-corrected chi connectivity index (χ3v) is 3.71. The smallest absolute Gasteiger partial charge is 0.354 e. The van der Waals surface area contributed by atoms with Crippen molar-refractivity contribution in [2.45, 2.75) is 20.0 Å². The van der Waals surface area contributed by atoms with Gasteiger partial charge in [-0.1, -0.05) is 6.07 Å². The van der Waals surface area contributed by atoms with Crippen LogP contribution in [0.1, 0.15) is 26.6 Å². The van der Waals surface area contributed by atoms with Crippen molar-refractivity contribution in [2.75, 3.05) is 7.05 Å². The molecule has 0 bridgehead atoms. The number of carboxylic acid groups (broad SMARTS) is 1. The second-order valence-electron chi connectivity index (χ2n) is 4.35. The molecule has 0 aromatic carbocycles. The Morgan fingerprint density at radius 2 is 2.21 bits per heavy atom. The van der Waals surface area contributed by atoms with Crippen LogP contribution >= 0.6 is 11.3 Å². The monoisotopic (exact) mass is 277 g/mol. The van der Waals surface area contributed by atoms with Gasteiger partial charge in [0.2, 0.25) is 0 Å². The molecule has 5 nitrogen and oxygen atoms in total. The van der Waals surface area contributed by atoms with Crippen molar-refractivity contribution < 1.29 is 9.90 Å². The number of carbonyl (C=O) groups is 1. The van der Waals surface area contributed by atoms with E-state index in [-0.39, 0.29) is 5.69 Å². The average molecular weight is 277 g/mol. The van der Waals surface area contributed by atoms with Gasteiger partial charge in [-0.25, -0.2) is 14.8 Å². The molecular formula is C13H15N3O2S. The molecular weight excluding hydrogens is 262 g/mol. The predicted octanol–water partition coefficient (Wildman–Crippen LogP) is 2.18. The molecule has 0 aliphatic carbocycles. The van der Waals surface area contributed by atoms with Gasteiger partial charge in [0.05, 0.1) is 11.2 Å². The fraction of sp³-hybridized carbons (Fsp3) is 0.308. The van der Waals surface area contributed by atoms with Crippen LogP contribution in [0.3, 0.4) is 0 Å². The Balaban J connectivity index is 2.09. The number of carboxylic acids is 1. The molecule has 0 fully saturated rings. The highest BCUT2D eigenvalue weighted by Crippen LogP contribution is 2.16. The number of hydrogen-bond donors (Lipinski definition) is 1. The fourth-order valence-corrected chi connectivity index (χ4v) is 2.68. The van der Waals surface area contributed by atoms with Gasteiger partial charge in [0, 0.05) is 24.2 Å². The Labute approximate surface area is 115 Å². The first kappa shape index (κ1) is 13.6. The molecule has 0 amide bonds. The summed E-state index contributed by atoms with van der Waals surface area (Å²) in [4.78, 5) is 22.5. The highest BCUT2D eigenvalue weighted by Gasteiger charge is 2.13. The maximum Gasteiger partial charge on any atom is 0.354 e. The van der Waals surface area contributed by atoms with Crippen LogP contribution < -0.4 is 0 Å². The number of nitrogens with zero attached hydrogens (tertiary/aromatic N) is 3. The van der Waals surface area contributed by atoms with Crippen molar-refractivity contribution in [1.29, 1.82) is 0 Å². The van der Waals surface area contributed by atoms with Crippen molar-refractivity contribution in [3.05, 3.63) is 45.7 Å². The predicted molar refractivity (Wildman–Crippen MR) is 73.2 cm³/mol. The molecule has 0 aliphatic heterocycles. The van der Waals surface area contributed by atoms with Gasteiger partial charge in [0.15, 0.2) is 5.69 Å². The summed E-state index contributed by atoms with van der Waals surface area (Å²) < 4.78 is 0. The largest absolute Gasteiger partial charge is 0.477 e. The Kier molecular flexibility index (Phi) is 4.24. The zero-order valence-corrected chi connectivity index (χ0v) is 11.6. The van der Waals surface area contributed by atoms with Crippen LogP contribution in [-0.4, -0.2) is 33.0 Å². The Hall–Kier alpha value is -1.79. The van der Waals surface area contributed by atoms with Gasteiger partial charge >= 0.3 is 5.97 Å². The molecule has 1 N–H and O–H groups in total. The number of thiazole rings is 1. The third-order valence-electron chi connectivity index (χ3n) is 2.79. The fourth-order valence-electron chi connectivity index (χ4n) is 1.83. The molecule has 2 rings (SSSR count). The molecule has 6 heteroatoms. The van der Waals surface area contributed by atoms with Crippen LogP contribution in [0, 0.1) is 6.92 Å². The van der Waals surface area contributed by atoms with Gasteiger partial charge in [-0.05, 0) is 25.6 Å². The summed E-state index contributed by atoms with van der Waals surface area (Å²) in [6, 6.07) is 3.56.